The second-order valence-electron chi connectivity index (χ2n) is 4.03. The van der Waals surface area contributed by atoms with Gasteiger partial charge >= 0.3 is 11.9 Å². The number of carboxylic acids is 2. The molecule has 0 bridgehead atoms. The van der Waals surface area contributed by atoms with Gasteiger partial charge in [-0.05, 0) is 6.92 Å². The predicted octanol–water partition coefficient (Wildman–Crippen LogP) is 0.834. The van der Waals surface area contributed by atoms with E-state index in [9.17, 15) is 14.4 Å². The van der Waals surface area contributed by atoms with Crippen LogP contribution in [-0.4, -0.2) is 42.8 Å². The molecule has 0 saturated heterocycles. The third-order valence-electron chi connectivity index (χ3n) is 2.60. The van der Waals surface area contributed by atoms with Gasteiger partial charge in [-0.15, -0.1) is 0 Å². The van der Waals surface area contributed by atoms with Crippen LogP contribution in [0.1, 0.15) is 36.2 Å². The summed E-state index contributed by atoms with van der Waals surface area (Å²) in [6.45, 7) is 1.50. The van der Waals surface area contributed by atoms with Crippen molar-refractivity contribution >= 4 is 34.3 Å². The molecule has 0 radical (unpaired) electrons. The first-order chi connectivity index (χ1) is 9.81. The van der Waals surface area contributed by atoms with Crippen molar-refractivity contribution in [3.8, 4) is 0 Å². The van der Waals surface area contributed by atoms with Gasteiger partial charge in [0.1, 0.15) is 16.1 Å². The topological polar surface area (TPSA) is 134 Å². The summed E-state index contributed by atoms with van der Waals surface area (Å²) in [5.41, 5.74) is -0.125. The van der Waals surface area contributed by atoms with Crippen LogP contribution in [0, 0.1) is 6.92 Å². The van der Waals surface area contributed by atoms with Gasteiger partial charge in [0.25, 0.3) is 5.91 Å². The average molecular weight is 310 g/mol. The van der Waals surface area contributed by atoms with Gasteiger partial charge in [0.2, 0.25) is 0 Å². The Hall–Kier alpha value is -2.75. The standard InChI is InChI=1S/C11H10N4O5S/c1-4-7(10(19)20)21-11(13-4)14-8(16)6-5(9(17)18)3-12-15(6)2/h3H,1-2H3,(H,17,18)(H,19,20)(H,13,14,16). The van der Waals surface area contributed by atoms with Gasteiger partial charge in [-0.1, -0.05) is 11.3 Å². The maximum Gasteiger partial charge on any atom is 0.347 e. The Morgan fingerprint density at radius 3 is 2.48 bits per heavy atom. The van der Waals surface area contributed by atoms with Crippen LogP contribution in [0.5, 0.6) is 0 Å². The van der Waals surface area contributed by atoms with E-state index in [1.54, 1.807) is 0 Å². The fourth-order valence-corrected chi connectivity index (χ4v) is 2.47. The van der Waals surface area contributed by atoms with Gasteiger partial charge in [0.15, 0.2) is 5.13 Å². The fourth-order valence-electron chi connectivity index (χ4n) is 1.67. The number of aryl methyl sites for hydroxylation is 2. The summed E-state index contributed by atoms with van der Waals surface area (Å²) in [4.78, 5) is 37.9. The highest BCUT2D eigenvalue weighted by Gasteiger charge is 2.23. The van der Waals surface area contributed by atoms with E-state index in [2.05, 4.69) is 15.4 Å². The maximum absolute atomic E-state index is 12.1. The number of carboxylic acid groups (broad SMARTS) is 2. The zero-order valence-corrected chi connectivity index (χ0v) is 11.8. The summed E-state index contributed by atoms with van der Waals surface area (Å²) >= 11 is 0.794. The quantitative estimate of drug-likeness (QED) is 0.761. The number of carbonyl (C=O) groups is 3. The van der Waals surface area contributed by atoms with E-state index < -0.39 is 17.8 Å². The predicted molar refractivity (Wildman–Crippen MR) is 71.9 cm³/mol. The van der Waals surface area contributed by atoms with E-state index in [4.69, 9.17) is 10.2 Å². The molecule has 0 aliphatic rings. The number of aromatic nitrogens is 3. The van der Waals surface area contributed by atoms with Gasteiger partial charge in [-0.2, -0.15) is 5.10 Å². The number of rotatable bonds is 4. The summed E-state index contributed by atoms with van der Waals surface area (Å²) in [6, 6.07) is 0. The van der Waals surface area contributed by atoms with Crippen LogP contribution in [0.2, 0.25) is 0 Å². The van der Waals surface area contributed by atoms with Crippen molar-refractivity contribution in [3.63, 3.8) is 0 Å². The van der Waals surface area contributed by atoms with Crippen LogP contribution in [0.3, 0.4) is 0 Å². The summed E-state index contributed by atoms with van der Waals surface area (Å²) in [5, 5.41) is 24.1. The number of nitrogens with zero attached hydrogens (tertiary/aromatic N) is 3. The van der Waals surface area contributed by atoms with Gasteiger partial charge in [-0.25, -0.2) is 14.6 Å². The molecule has 2 heterocycles. The molecule has 0 aliphatic carbocycles. The number of hydrogen-bond donors (Lipinski definition) is 3. The molecule has 0 aromatic carbocycles. The number of aromatic carboxylic acids is 2. The lowest BCUT2D eigenvalue weighted by Gasteiger charge is -2.03. The van der Waals surface area contributed by atoms with Crippen molar-refractivity contribution in [2.45, 2.75) is 6.92 Å². The molecular formula is C11H10N4O5S. The molecule has 10 heteroatoms. The molecule has 0 aliphatic heterocycles. The van der Waals surface area contributed by atoms with Crippen LogP contribution in [0.15, 0.2) is 6.20 Å². The SMILES string of the molecule is Cc1nc(NC(=O)c2c(C(=O)O)cnn2C)sc1C(=O)O. The minimum absolute atomic E-state index is 0.00811. The number of nitrogens with one attached hydrogen (secondary N) is 1. The Kier molecular flexibility index (Phi) is 3.72. The molecule has 2 aromatic rings. The number of hydrogen-bond acceptors (Lipinski definition) is 6. The van der Waals surface area contributed by atoms with E-state index in [0.717, 1.165) is 22.2 Å². The Labute approximate surface area is 121 Å². The smallest absolute Gasteiger partial charge is 0.347 e. The zero-order chi connectivity index (χ0) is 15.7. The third kappa shape index (κ3) is 2.74. The first-order valence-electron chi connectivity index (χ1n) is 5.58. The van der Waals surface area contributed by atoms with Crippen LogP contribution in [0.4, 0.5) is 5.13 Å². The number of carbonyl (C=O) groups excluding carboxylic acids is 1. The second kappa shape index (κ2) is 5.32. The zero-order valence-electron chi connectivity index (χ0n) is 10.9. The normalized spacial score (nSPS) is 10.4. The molecule has 21 heavy (non-hydrogen) atoms. The molecule has 1 amide bonds. The molecule has 2 aromatic heterocycles. The highest BCUT2D eigenvalue weighted by Crippen LogP contribution is 2.23. The van der Waals surface area contributed by atoms with Crippen molar-refractivity contribution in [2.24, 2.45) is 7.05 Å². The van der Waals surface area contributed by atoms with E-state index in [1.165, 1.54) is 14.0 Å². The van der Waals surface area contributed by atoms with Gasteiger partial charge in [0, 0.05) is 7.05 Å². The lowest BCUT2D eigenvalue weighted by molar-refractivity contribution is 0.0685. The molecule has 0 spiro atoms. The molecular weight excluding hydrogens is 300 g/mol. The van der Waals surface area contributed by atoms with Gasteiger partial charge < -0.3 is 10.2 Å². The summed E-state index contributed by atoms with van der Waals surface area (Å²) < 4.78 is 1.12. The Morgan fingerprint density at radius 2 is 1.95 bits per heavy atom. The highest BCUT2D eigenvalue weighted by atomic mass is 32.1. The molecule has 3 N–H and O–H groups in total. The average Bonchev–Trinajstić information content (AvgIpc) is 2.92. The van der Waals surface area contributed by atoms with E-state index in [1.807, 2.05) is 0 Å². The first kappa shape index (κ1) is 14.7. The monoisotopic (exact) mass is 310 g/mol. The summed E-state index contributed by atoms with van der Waals surface area (Å²) in [7, 11) is 1.43. The van der Waals surface area contributed by atoms with Crippen molar-refractivity contribution in [2.75, 3.05) is 5.32 Å². The minimum Gasteiger partial charge on any atom is -0.478 e. The van der Waals surface area contributed by atoms with E-state index in [0.29, 0.717) is 0 Å². The molecule has 0 unspecified atom stereocenters. The fraction of sp³-hybridized carbons (Fsp3) is 0.182. The summed E-state index contributed by atoms with van der Waals surface area (Å²) in [6.07, 6.45) is 1.06. The first-order valence-corrected chi connectivity index (χ1v) is 6.40. The van der Waals surface area contributed by atoms with Crippen LogP contribution >= 0.6 is 11.3 Å². The maximum atomic E-state index is 12.1. The Bertz CT molecular complexity index is 748. The van der Waals surface area contributed by atoms with E-state index in [-0.39, 0.29) is 27.0 Å². The number of amides is 1. The third-order valence-corrected chi connectivity index (χ3v) is 3.66. The molecule has 0 atom stereocenters. The molecule has 9 nitrogen and oxygen atoms in total. The second-order valence-corrected chi connectivity index (χ2v) is 5.03. The van der Waals surface area contributed by atoms with Gasteiger partial charge in [-0.3, -0.25) is 14.8 Å². The number of anilines is 1. The largest absolute Gasteiger partial charge is 0.478 e. The molecule has 0 fully saturated rings. The molecule has 0 saturated carbocycles. The summed E-state index contributed by atoms with van der Waals surface area (Å²) in [5.74, 6) is -3.15. The lowest BCUT2D eigenvalue weighted by atomic mass is 10.2. The number of thiazole rings is 1. The van der Waals surface area contributed by atoms with Crippen LogP contribution in [-0.2, 0) is 7.05 Å². The molecule has 110 valence electrons. The Balaban J connectivity index is 2.30. The lowest BCUT2D eigenvalue weighted by Crippen LogP contribution is -2.19. The highest BCUT2D eigenvalue weighted by molar-refractivity contribution is 7.17. The van der Waals surface area contributed by atoms with Crippen molar-refractivity contribution < 1.29 is 24.6 Å². The van der Waals surface area contributed by atoms with Crippen molar-refractivity contribution in [1.29, 1.82) is 0 Å². The van der Waals surface area contributed by atoms with Crippen molar-refractivity contribution in [3.05, 3.63) is 28.0 Å². The minimum atomic E-state index is -1.28. The van der Waals surface area contributed by atoms with Crippen LogP contribution in [0.25, 0.3) is 0 Å². The van der Waals surface area contributed by atoms with Crippen LogP contribution < -0.4 is 5.32 Å². The Morgan fingerprint density at radius 1 is 1.29 bits per heavy atom. The van der Waals surface area contributed by atoms with Crippen molar-refractivity contribution in [1.82, 2.24) is 14.8 Å². The van der Waals surface area contributed by atoms with Gasteiger partial charge in [0.05, 0.1) is 11.9 Å². The molecule has 2 rings (SSSR count). The van der Waals surface area contributed by atoms with E-state index >= 15 is 0 Å².